The van der Waals surface area contributed by atoms with Crippen LogP contribution in [-0.2, 0) is 6.54 Å². The Morgan fingerprint density at radius 1 is 0.848 bits per heavy atom. The molecule has 6 heteroatoms. The fraction of sp³-hybridized carbons (Fsp3) is 0.0500. The summed E-state index contributed by atoms with van der Waals surface area (Å²) in [6, 6.07) is 41.4. The van der Waals surface area contributed by atoms with Gasteiger partial charge in [0, 0.05) is 52.0 Å². The van der Waals surface area contributed by atoms with E-state index in [1.165, 1.54) is 0 Å². The molecule has 2 heterocycles. The highest BCUT2D eigenvalue weighted by Gasteiger charge is 2.24. The maximum atomic E-state index is 9.43. The number of aliphatic imine (C=N–C) groups is 1. The third kappa shape index (κ3) is 5.91. The van der Waals surface area contributed by atoms with Crippen molar-refractivity contribution in [1.29, 1.82) is 5.26 Å². The second kappa shape index (κ2) is 13.0. The number of fused-ring (bicyclic) bond motifs is 4. The molecule has 0 saturated heterocycles. The second-order valence-corrected chi connectivity index (χ2v) is 12.3. The minimum absolute atomic E-state index is 0.384. The van der Waals surface area contributed by atoms with Gasteiger partial charge in [0.1, 0.15) is 5.75 Å². The molecule has 5 aromatic carbocycles. The van der Waals surface area contributed by atoms with Gasteiger partial charge < -0.3 is 9.30 Å². The third-order valence-electron chi connectivity index (χ3n) is 8.06. The number of halogens is 1. The minimum Gasteiger partial charge on any atom is -0.464 e. The molecule has 1 aromatic heterocycles. The Hall–Kier alpha value is -5.23. The molecule has 222 valence electrons. The second-order valence-electron chi connectivity index (χ2n) is 11.1. The Morgan fingerprint density at radius 3 is 2.48 bits per heavy atom. The zero-order chi connectivity index (χ0) is 31.5. The molecule has 0 radical (unpaired) electrons. The lowest BCUT2D eigenvalue weighted by Gasteiger charge is -2.26. The Labute approximate surface area is 282 Å². The fourth-order valence-electron chi connectivity index (χ4n) is 5.87. The molecule has 1 aliphatic heterocycles. The lowest BCUT2D eigenvalue weighted by molar-refractivity contribution is 0.314. The van der Waals surface area contributed by atoms with Gasteiger partial charge in [0.25, 0.3) is 0 Å². The van der Waals surface area contributed by atoms with Crippen LogP contribution in [-0.4, -0.2) is 13.9 Å². The first kappa shape index (κ1) is 29.5. The highest BCUT2D eigenvalue weighted by molar-refractivity contribution is 14.1. The molecule has 0 fully saturated rings. The zero-order valence-electron chi connectivity index (χ0n) is 24.9. The molecule has 1 atom stereocenters. The molecular weight excluding hydrogens is 679 g/mol. The highest BCUT2D eigenvalue weighted by atomic mass is 127. The van der Waals surface area contributed by atoms with Crippen LogP contribution in [0.1, 0.15) is 28.5 Å². The molecule has 0 N–H and O–H groups in total. The smallest absolute Gasteiger partial charge is 0.191 e. The van der Waals surface area contributed by atoms with Gasteiger partial charge in [-0.3, -0.25) is 4.99 Å². The van der Waals surface area contributed by atoms with Crippen LogP contribution in [0.4, 0.5) is 0 Å². The average molecular weight is 709 g/mol. The molecule has 46 heavy (non-hydrogen) atoms. The van der Waals surface area contributed by atoms with Crippen LogP contribution in [0.15, 0.2) is 151 Å². The molecule has 0 aliphatic carbocycles. The minimum atomic E-state index is -0.384. The van der Waals surface area contributed by atoms with E-state index >= 15 is 0 Å². The Bertz CT molecular complexity index is 2220. The van der Waals surface area contributed by atoms with Crippen LogP contribution in [0, 0.1) is 11.3 Å². The summed E-state index contributed by atoms with van der Waals surface area (Å²) < 4.78 is 10.6. The van der Waals surface area contributed by atoms with Crippen LogP contribution < -0.4 is 4.74 Å². The van der Waals surface area contributed by atoms with E-state index in [0.29, 0.717) is 12.1 Å². The molecule has 1 unspecified atom stereocenters. The van der Waals surface area contributed by atoms with Gasteiger partial charge in [0.2, 0.25) is 0 Å². The van der Waals surface area contributed by atoms with Crippen LogP contribution in [0.5, 0.6) is 5.75 Å². The number of rotatable bonds is 7. The number of hydrogen-bond acceptors (Lipinski definition) is 4. The molecule has 1 aliphatic rings. The first-order valence-electron chi connectivity index (χ1n) is 14.9. The van der Waals surface area contributed by atoms with Crippen molar-refractivity contribution in [2.45, 2.75) is 12.8 Å². The zero-order valence-corrected chi connectivity index (χ0v) is 27.1. The summed E-state index contributed by atoms with van der Waals surface area (Å²) in [6.07, 6.45) is 9.09. The standard InChI is InChI=1S/C40H29IN4O/c1-28-11-7-8-20-46-39-24-36-34-18-5-6-19-37(34)45(38(36)23-35(28)39)40(43-26-29-12-3-2-4-13-29)44(41)27-31-15-10-17-33(22-31)32-16-9-14-30(21-32)25-42/h2-24,26,40H,1,27H2/b11-7-,20-8-,43-26?. The summed E-state index contributed by atoms with van der Waals surface area (Å²) in [6.45, 7) is 4.96. The van der Waals surface area contributed by atoms with Crippen molar-refractivity contribution in [3.05, 3.63) is 169 Å². The van der Waals surface area contributed by atoms with Gasteiger partial charge in [-0.2, -0.15) is 5.26 Å². The van der Waals surface area contributed by atoms with Crippen LogP contribution in [0.3, 0.4) is 0 Å². The van der Waals surface area contributed by atoms with E-state index in [2.05, 4.69) is 116 Å². The molecular formula is C40H29IN4O. The van der Waals surface area contributed by atoms with E-state index in [9.17, 15) is 5.26 Å². The van der Waals surface area contributed by atoms with Crippen LogP contribution in [0.25, 0.3) is 38.5 Å². The van der Waals surface area contributed by atoms with Crippen molar-refractivity contribution >= 4 is 56.5 Å². The topological polar surface area (TPSA) is 53.5 Å². The Morgan fingerprint density at radius 2 is 1.63 bits per heavy atom. The molecule has 0 spiro atoms. The SMILES string of the molecule is C=C1/C=C\C=C/Oc2cc3c4ccccc4n(C(N=Cc4ccccc4)N(I)Cc4cccc(-c5cccc(C#N)c5)c4)c3cc21. The van der Waals surface area contributed by atoms with Crippen molar-refractivity contribution in [2.75, 3.05) is 0 Å². The number of benzene rings is 5. The molecule has 0 saturated carbocycles. The monoisotopic (exact) mass is 708 g/mol. The van der Waals surface area contributed by atoms with Crippen molar-refractivity contribution in [3.63, 3.8) is 0 Å². The van der Waals surface area contributed by atoms with Gasteiger partial charge in [0.15, 0.2) is 6.29 Å². The number of para-hydroxylation sites is 1. The maximum Gasteiger partial charge on any atom is 0.191 e. The highest BCUT2D eigenvalue weighted by Crippen LogP contribution is 2.40. The Kier molecular flexibility index (Phi) is 8.34. The molecule has 5 nitrogen and oxygen atoms in total. The first-order chi connectivity index (χ1) is 22.6. The lowest BCUT2D eigenvalue weighted by Crippen LogP contribution is -2.23. The normalized spacial score (nSPS) is 14.8. The average Bonchev–Trinajstić information content (AvgIpc) is 3.40. The van der Waals surface area contributed by atoms with Crippen LogP contribution >= 0.6 is 22.9 Å². The van der Waals surface area contributed by atoms with Crippen molar-refractivity contribution in [2.24, 2.45) is 4.99 Å². The summed E-state index contributed by atoms with van der Waals surface area (Å²) in [4.78, 5) is 5.24. The van der Waals surface area contributed by atoms with E-state index in [1.54, 1.807) is 6.26 Å². The third-order valence-corrected chi connectivity index (χ3v) is 8.90. The summed E-state index contributed by atoms with van der Waals surface area (Å²) in [5, 5.41) is 11.6. The molecule has 7 rings (SSSR count). The summed E-state index contributed by atoms with van der Waals surface area (Å²) in [5.74, 6) is 0.772. The number of aromatic nitrogens is 1. The largest absolute Gasteiger partial charge is 0.464 e. The summed E-state index contributed by atoms with van der Waals surface area (Å²) >= 11 is 2.41. The molecule has 0 amide bonds. The van der Waals surface area contributed by atoms with E-state index in [0.717, 1.165) is 60.9 Å². The van der Waals surface area contributed by atoms with Gasteiger partial charge in [0.05, 0.1) is 28.9 Å². The number of nitrogens with zero attached hydrogens (tertiary/aromatic N) is 4. The fourth-order valence-corrected chi connectivity index (χ4v) is 6.66. The summed E-state index contributed by atoms with van der Waals surface area (Å²) in [7, 11) is 0. The number of nitriles is 1. The van der Waals surface area contributed by atoms with Crippen molar-refractivity contribution in [1.82, 2.24) is 7.68 Å². The maximum absolute atomic E-state index is 9.43. The van der Waals surface area contributed by atoms with E-state index < -0.39 is 0 Å². The quantitative estimate of drug-likeness (QED) is 0.0943. The van der Waals surface area contributed by atoms with Crippen LogP contribution in [0.2, 0.25) is 0 Å². The first-order valence-corrected chi connectivity index (χ1v) is 15.9. The van der Waals surface area contributed by atoms with Gasteiger partial charge >= 0.3 is 0 Å². The van der Waals surface area contributed by atoms with Crippen molar-refractivity contribution in [3.8, 4) is 22.9 Å². The Balaban J connectivity index is 1.36. The van der Waals surface area contributed by atoms with Gasteiger partial charge in [-0.1, -0.05) is 97.6 Å². The predicted molar refractivity (Wildman–Crippen MR) is 197 cm³/mol. The van der Waals surface area contributed by atoms with Gasteiger partial charge in [-0.25, -0.2) is 3.11 Å². The van der Waals surface area contributed by atoms with E-state index in [1.807, 2.05) is 66.9 Å². The number of ether oxygens (including phenoxy) is 1. The molecule has 6 aromatic rings. The van der Waals surface area contributed by atoms with Gasteiger partial charge in [-0.15, -0.1) is 0 Å². The number of allylic oxidation sites excluding steroid dienone is 4. The van der Waals surface area contributed by atoms with E-state index in [-0.39, 0.29) is 6.29 Å². The van der Waals surface area contributed by atoms with E-state index in [4.69, 9.17) is 9.73 Å². The summed E-state index contributed by atoms with van der Waals surface area (Å²) in [5.41, 5.74) is 8.84. The number of hydrogen-bond donors (Lipinski definition) is 0. The van der Waals surface area contributed by atoms with Gasteiger partial charge in [-0.05, 0) is 70.3 Å². The van der Waals surface area contributed by atoms with Crippen molar-refractivity contribution < 1.29 is 4.74 Å². The molecule has 0 bridgehead atoms. The predicted octanol–water partition coefficient (Wildman–Crippen LogP) is 10.2. The lowest BCUT2D eigenvalue weighted by atomic mass is 10.0.